The van der Waals surface area contributed by atoms with Crippen LogP contribution in [0.25, 0.3) is 0 Å². The summed E-state index contributed by atoms with van der Waals surface area (Å²) < 4.78 is 14.5. The zero-order valence-corrected chi connectivity index (χ0v) is 23.1. The van der Waals surface area contributed by atoms with Gasteiger partial charge in [0.25, 0.3) is 0 Å². The maximum Gasteiger partial charge on any atom is 0.410 e. The van der Waals surface area contributed by atoms with Crippen LogP contribution in [0, 0.1) is 0 Å². The molecule has 0 unspecified atom stereocenters. The van der Waals surface area contributed by atoms with Gasteiger partial charge in [0.05, 0.1) is 17.9 Å². The highest BCUT2D eigenvalue weighted by Crippen LogP contribution is 2.20. The number of hydrogen-bond acceptors (Lipinski definition) is 6. The normalized spacial score (nSPS) is 16.1. The second kappa shape index (κ2) is 10.9. The van der Waals surface area contributed by atoms with E-state index >= 15 is 0 Å². The van der Waals surface area contributed by atoms with Crippen LogP contribution in [0.3, 0.4) is 0 Å². The van der Waals surface area contributed by atoms with E-state index in [-0.39, 0.29) is 12.2 Å². The van der Waals surface area contributed by atoms with E-state index < -0.39 is 11.2 Å². The Morgan fingerprint density at radius 2 is 1.22 bits per heavy atom. The monoisotopic (exact) mass is 502 g/mol. The van der Waals surface area contributed by atoms with E-state index in [1.54, 1.807) is 9.80 Å². The number of aromatic nitrogens is 4. The summed E-state index contributed by atoms with van der Waals surface area (Å²) in [5.74, 6) is 0. The number of nitrogens with zero attached hydrogens (tertiary/aromatic N) is 6. The molecular formula is C26H42N6O4. The van der Waals surface area contributed by atoms with Gasteiger partial charge in [-0.2, -0.15) is 10.2 Å². The summed E-state index contributed by atoms with van der Waals surface area (Å²) >= 11 is 0. The highest BCUT2D eigenvalue weighted by atomic mass is 16.6. The quantitative estimate of drug-likeness (QED) is 0.543. The number of carbonyl (C=O) groups excluding carboxylic acids is 2. The fourth-order valence-electron chi connectivity index (χ4n) is 4.25. The second-order valence-electron chi connectivity index (χ2n) is 11.5. The molecule has 2 aromatic heterocycles. The summed E-state index contributed by atoms with van der Waals surface area (Å²) in [7, 11) is 3.84. The van der Waals surface area contributed by atoms with Gasteiger partial charge in [-0.3, -0.25) is 9.36 Å². The summed E-state index contributed by atoms with van der Waals surface area (Å²) in [6.45, 7) is 14.0. The van der Waals surface area contributed by atoms with Gasteiger partial charge >= 0.3 is 12.2 Å². The first-order valence-corrected chi connectivity index (χ1v) is 12.7. The molecule has 2 aliphatic rings. The summed E-state index contributed by atoms with van der Waals surface area (Å²) in [5, 5.41) is 8.83. The van der Waals surface area contributed by atoms with E-state index in [4.69, 9.17) is 9.47 Å². The Balaban J connectivity index is 0.000000201. The molecule has 0 saturated heterocycles. The molecular weight excluding hydrogens is 460 g/mol. The molecule has 10 heteroatoms. The van der Waals surface area contributed by atoms with E-state index in [1.165, 1.54) is 5.56 Å². The third kappa shape index (κ3) is 7.99. The minimum absolute atomic E-state index is 0.225. The molecule has 0 aliphatic carbocycles. The van der Waals surface area contributed by atoms with Crippen molar-refractivity contribution in [1.82, 2.24) is 29.4 Å². The molecule has 10 nitrogen and oxygen atoms in total. The zero-order valence-electron chi connectivity index (χ0n) is 23.1. The summed E-state index contributed by atoms with van der Waals surface area (Å²) in [6.07, 6.45) is 7.07. The Labute approximate surface area is 214 Å². The molecule has 2 amide bonds. The van der Waals surface area contributed by atoms with Crippen molar-refractivity contribution < 1.29 is 19.1 Å². The predicted octanol–water partition coefficient (Wildman–Crippen LogP) is 3.86. The average molecular weight is 503 g/mol. The Morgan fingerprint density at radius 1 is 0.722 bits per heavy atom. The van der Waals surface area contributed by atoms with E-state index in [9.17, 15) is 9.59 Å². The lowest BCUT2D eigenvalue weighted by Gasteiger charge is -2.26. The first-order chi connectivity index (χ1) is 16.7. The van der Waals surface area contributed by atoms with Crippen LogP contribution in [-0.4, -0.2) is 72.4 Å². The van der Waals surface area contributed by atoms with Crippen LogP contribution in [0.5, 0.6) is 0 Å². The van der Waals surface area contributed by atoms with Crippen LogP contribution < -0.4 is 0 Å². The molecule has 0 spiro atoms. The lowest BCUT2D eigenvalue weighted by Crippen LogP contribution is -2.38. The highest BCUT2D eigenvalue weighted by molar-refractivity contribution is 5.68. The van der Waals surface area contributed by atoms with Crippen molar-refractivity contribution in [3.63, 3.8) is 0 Å². The Kier molecular flexibility index (Phi) is 8.36. The van der Waals surface area contributed by atoms with Gasteiger partial charge in [0, 0.05) is 58.1 Å². The van der Waals surface area contributed by atoms with Crippen molar-refractivity contribution in [2.24, 2.45) is 14.1 Å². The molecule has 0 N–H and O–H groups in total. The Hall–Kier alpha value is -3.04. The van der Waals surface area contributed by atoms with Crippen molar-refractivity contribution in [3.8, 4) is 0 Å². The van der Waals surface area contributed by atoms with Gasteiger partial charge in [-0.25, -0.2) is 9.59 Å². The lowest BCUT2D eigenvalue weighted by molar-refractivity contribution is 0.0232. The average Bonchev–Trinajstić information content (AvgIpc) is 3.10. The number of ether oxygens (including phenoxy) is 2. The second-order valence-corrected chi connectivity index (χ2v) is 11.5. The molecule has 0 atom stereocenters. The molecule has 0 bridgehead atoms. The molecule has 4 rings (SSSR count). The van der Waals surface area contributed by atoms with Crippen molar-refractivity contribution in [2.75, 3.05) is 19.6 Å². The van der Waals surface area contributed by atoms with Crippen LogP contribution in [0.1, 0.15) is 70.5 Å². The van der Waals surface area contributed by atoms with Gasteiger partial charge in [0.1, 0.15) is 11.2 Å². The summed E-state index contributed by atoms with van der Waals surface area (Å²) in [5.41, 5.74) is 3.69. The Bertz CT molecular complexity index is 1030. The molecule has 0 radical (unpaired) electrons. The third-order valence-corrected chi connectivity index (χ3v) is 5.76. The molecule has 0 fully saturated rings. The van der Waals surface area contributed by atoms with Crippen molar-refractivity contribution >= 4 is 12.2 Å². The predicted molar refractivity (Wildman–Crippen MR) is 137 cm³/mol. The van der Waals surface area contributed by atoms with Crippen LogP contribution in [0.2, 0.25) is 0 Å². The van der Waals surface area contributed by atoms with Crippen molar-refractivity contribution in [2.45, 2.75) is 85.0 Å². The SMILES string of the molecule is Cn1cc2c(n1)CCCN(C(=O)OC(C)(C)C)C2.Cn1cc2c(n1)CCN(C(=O)OC(C)(C)C)CC2. The van der Waals surface area contributed by atoms with Gasteiger partial charge in [0.15, 0.2) is 0 Å². The zero-order chi connectivity index (χ0) is 26.7. The molecule has 2 aliphatic heterocycles. The van der Waals surface area contributed by atoms with Gasteiger partial charge in [0.2, 0.25) is 0 Å². The van der Waals surface area contributed by atoms with Crippen molar-refractivity contribution in [1.29, 1.82) is 0 Å². The van der Waals surface area contributed by atoms with E-state index in [0.717, 1.165) is 49.2 Å². The Morgan fingerprint density at radius 3 is 1.81 bits per heavy atom. The molecule has 36 heavy (non-hydrogen) atoms. The number of rotatable bonds is 0. The van der Waals surface area contributed by atoms with E-state index in [0.29, 0.717) is 19.6 Å². The summed E-state index contributed by atoms with van der Waals surface area (Å²) in [6, 6.07) is 0. The number of fused-ring (bicyclic) bond motifs is 2. The number of aryl methyl sites for hydroxylation is 3. The van der Waals surface area contributed by atoms with E-state index in [2.05, 4.69) is 10.2 Å². The molecule has 0 aromatic carbocycles. The molecule has 0 saturated carbocycles. The molecule has 200 valence electrons. The fraction of sp³-hybridized carbons (Fsp3) is 0.692. The van der Waals surface area contributed by atoms with Crippen LogP contribution >= 0.6 is 0 Å². The van der Waals surface area contributed by atoms with Gasteiger partial charge < -0.3 is 19.3 Å². The first-order valence-electron chi connectivity index (χ1n) is 12.7. The number of hydrogen-bond donors (Lipinski definition) is 0. The minimum Gasteiger partial charge on any atom is -0.444 e. The third-order valence-electron chi connectivity index (χ3n) is 5.76. The van der Waals surface area contributed by atoms with Crippen molar-refractivity contribution in [3.05, 3.63) is 34.9 Å². The highest BCUT2D eigenvalue weighted by Gasteiger charge is 2.26. The molecule has 2 aromatic rings. The van der Waals surface area contributed by atoms with Gasteiger partial charge in [-0.15, -0.1) is 0 Å². The number of amides is 2. The van der Waals surface area contributed by atoms with Crippen LogP contribution in [0.4, 0.5) is 9.59 Å². The maximum atomic E-state index is 12.1. The van der Waals surface area contributed by atoms with E-state index in [1.807, 2.05) is 77.4 Å². The van der Waals surface area contributed by atoms with Crippen LogP contribution in [0.15, 0.2) is 12.4 Å². The standard InChI is InChI=1S/2C13H21N3O2/c1-13(2,3)18-12(17)16-7-5-10-9-15(4)14-11(10)6-8-16;1-13(2,3)18-12(17)16-7-5-6-11-10(9-16)8-15(4)14-11/h9H,5-8H2,1-4H3;8H,5-7,9H2,1-4H3. The smallest absolute Gasteiger partial charge is 0.410 e. The first kappa shape index (κ1) is 27.5. The van der Waals surface area contributed by atoms with Gasteiger partial charge in [-0.05, 0) is 66.4 Å². The van der Waals surface area contributed by atoms with Gasteiger partial charge in [-0.1, -0.05) is 0 Å². The topological polar surface area (TPSA) is 94.7 Å². The largest absolute Gasteiger partial charge is 0.444 e. The summed E-state index contributed by atoms with van der Waals surface area (Å²) in [4.78, 5) is 27.6. The maximum absolute atomic E-state index is 12.1. The molecule has 4 heterocycles. The lowest BCUT2D eigenvalue weighted by atomic mass is 10.2. The number of carbonyl (C=O) groups is 2. The van der Waals surface area contributed by atoms with Crippen LogP contribution in [-0.2, 0) is 49.4 Å². The fourth-order valence-corrected chi connectivity index (χ4v) is 4.25. The minimum atomic E-state index is -0.443.